The molecule has 0 spiro atoms. The topological polar surface area (TPSA) is 43.4 Å². The minimum Gasteiger partial charge on any atom is -0.456 e. The van der Waals surface area contributed by atoms with Crippen molar-refractivity contribution in [2.24, 2.45) is 0 Å². The average molecular weight is 611 g/mol. The number of rotatable bonds is 5. The lowest BCUT2D eigenvalue weighted by atomic mass is 9.97. The van der Waals surface area contributed by atoms with Crippen LogP contribution in [-0.4, -0.2) is 0 Å². The van der Waals surface area contributed by atoms with Crippen LogP contribution in [0.2, 0.25) is 0 Å². The maximum Gasteiger partial charge on any atom is 0.171 e. The Morgan fingerprint density at radius 3 is 1.63 bits per heavy atom. The number of fused-ring (bicyclic) bond motifs is 6. The molecule has 218 valence electrons. The highest BCUT2D eigenvalue weighted by Gasteiger charge is 2.29. The first kappa shape index (κ1) is 26.7. The fourth-order valence-electron chi connectivity index (χ4n) is 6.74. The van der Waals surface area contributed by atoms with Crippen LogP contribution in [0.3, 0.4) is 0 Å². The van der Waals surface area contributed by atoms with Crippen molar-refractivity contribution in [2.45, 2.75) is 0 Å². The lowest BCUT2D eigenvalue weighted by Crippen LogP contribution is -2.25. The third-order valence-electron chi connectivity index (χ3n) is 8.97. The first-order chi connectivity index (χ1) is 22.7. The van der Waals surface area contributed by atoms with Crippen LogP contribution in [-0.2, 0) is 4.57 Å². The van der Waals surface area contributed by atoms with Crippen LogP contribution in [0.15, 0.2) is 173 Å². The summed E-state index contributed by atoms with van der Waals surface area (Å²) < 4.78 is 27.5. The van der Waals surface area contributed by atoms with Crippen molar-refractivity contribution in [1.82, 2.24) is 0 Å². The van der Waals surface area contributed by atoms with Crippen molar-refractivity contribution in [2.75, 3.05) is 0 Å². The fraction of sp³-hybridized carbons (Fsp3) is 0. The second-order valence-electron chi connectivity index (χ2n) is 11.6. The standard InChI is InChI=1S/C42H27O3P/c43-46(31-12-3-1-4-13-31,32-14-5-2-6-15-32)33-16-9-11-28(25-33)29-21-23-39-36(26-29)37-27-30(22-24-40(37)44-39)34-18-10-20-41-42(34)35-17-7-8-19-38(35)45-41/h1-27H. The smallest absolute Gasteiger partial charge is 0.171 e. The molecule has 46 heavy (non-hydrogen) atoms. The Labute approximate surface area is 265 Å². The molecule has 0 amide bonds. The number of benzene rings is 7. The van der Waals surface area contributed by atoms with Gasteiger partial charge in [0.25, 0.3) is 0 Å². The van der Waals surface area contributed by atoms with Gasteiger partial charge in [-0.3, -0.25) is 0 Å². The maximum atomic E-state index is 15.1. The van der Waals surface area contributed by atoms with Gasteiger partial charge in [0.1, 0.15) is 22.3 Å². The Morgan fingerprint density at radius 2 is 0.891 bits per heavy atom. The summed E-state index contributed by atoms with van der Waals surface area (Å²) in [4.78, 5) is 0. The van der Waals surface area contributed by atoms with E-state index in [0.29, 0.717) is 0 Å². The molecule has 3 nitrogen and oxygen atoms in total. The molecule has 0 aliphatic heterocycles. The van der Waals surface area contributed by atoms with Crippen molar-refractivity contribution in [3.05, 3.63) is 164 Å². The maximum absolute atomic E-state index is 15.1. The molecule has 0 fully saturated rings. The number of para-hydroxylation sites is 1. The second kappa shape index (κ2) is 10.5. The van der Waals surface area contributed by atoms with E-state index in [1.165, 1.54) is 0 Å². The molecule has 0 saturated heterocycles. The average Bonchev–Trinajstić information content (AvgIpc) is 3.70. The minimum atomic E-state index is -3.10. The molecule has 9 rings (SSSR count). The lowest BCUT2D eigenvalue weighted by molar-refractivity contribution is 0.592. The molecular weight excluding hydrogens is 583 g/mol. The fourth-order valence-corrected chi connectivity index (χ4v) is 9.44. The van der Waals surface area contributed by atoms with Gasteiger partial charge in [-0.1, -0.05) is 121 Å². The van der Waals surface area contributed by atoms with Crippen molar-refractivity contribution in [3.63, 3.8) is 0 Å². The van der Waals surface area contributed by atoms with Gasteiger partial charge >= 0.3 is 0 Å². The van der Waals surface area contributed by atoms with Crippen LogP contribution in [0.4, 0.5) is 0 Å². The Balaban J connectivity index is 1.19. The van der Waals surface area contributed by atoms with Crippen LogP contribution in [0.1, 0.15) is 0 Å². The van der Waals surface area contributed by atoms with Crippen molar-refractivity contribution in [3.8, 4) is 22.3 Å². The largest absolute Gasteiger partial charge is 0.456 e. The third kappa shape index (κ3) is 4.17. The highest BCUT2D eigenvalue weighted by atomic mass is 31.2. The van der Waals surface area contributed by atoms with Crippen molar-refractivity contribution >= 4 is 66.9 Å². The molecule has 4 heteroatoms. The van der Waals surface area contributed by atoms with Crippen molar-refractivity contribution in [1.29, 1.82) is 0 Å². The van der Waals surface area contributed by atoms with Gasteiger partial charge in [-0.2, -0.15) is 0 Å². The Kier molecular flexibility index (Phi) is 6.09. The molecule has 9 aromatic rings. The van der Waals surface area contributed by atoms with Gasteiger partial charge in [0.2, 0.25) is 0 Å². The van der Waals surface area contributed by atoms with Gasteiger partial charge < -0.3 is 13.4 Å². The normalized spacial score (nSPS) is 12.0. The summed E-state index contributed by atoms with van der Waals surface area (Å²) in [6, 6.07) is 54.9. The van der Waals surface area contributed by atoms with E-state index in [9.17, 15) is 0 Å². The van der Waals surface area contributed by atoms with Crippen LogP contribution in [0.25, 0.3) is 66.1 Å². The number of hydrogen-bond donors (Lipinski definition) is 0. The highest BCUT2D eigenvalue weighted by Crippen LogP contribution is 2.44. The summed E-state index contributed by atoms with van der Waals surface area (Å²) in [7, 11) is -3.10. The van der Waals surface area contributed by atoms with Gasteiger partial charge in [0.05, 0.1) is 0 Å². The summed E-state index contributed by atoms with van der Waals surface area (Å²) in [5, 5.41) is 6.76. The zero-order valence-electron chi connectivity index (χ0n) is 24.8. The predicted molar refractivity (Wildman–Crippen MR) is 191 cm³/mol. The Hall–Kier alpha value is -5.63. The molecular formula is C42H27O3P. The van der Waals surface area contributed by atoms with Crippen LogP contribution >= 0.6 is 7.14 Å². The minimum absolute atomic E-state index is 0.808. The zero-order chi connectivity index (χ0) is 30.7. The van der Waals surface area contributed by atoms with Crippen molar-refractivity contribution < 1.29 is 13.4 Å². The molecule has 0 aliphatic carbocycles. The van der Waals surface area contributed by atoms with Gasteiger partial charge in [-0.15, -0.1) is 0 Å². The van der Waals surface area contributed by atoms with E-state index in [1.807, 2.05) is 103 Å². The molecule has 0 unspecified atom stereocenters. The molecule has 0 N–H and O–H groups in total. The summed E-state index contributed by atoms with van der Waals surface area (Å²) in [5.41, 5.74) is 7.71. The third-order valence-corrected chi connectivity index (χ3v) is 12.0. The van der Waals surface area contributed by atoms with E-state index in [2.05, 4.69) is 60.7 Å². The first-order valence-electron chi connectivity index (χ1n) is 15.4. The molecule has 0 saturated carbocycles. The molecule has 0 bridgehead atoms. The quantitative estimate of drug-likeness (QED) is 0.182. The number of hydrogen-bond acceptors (Lipinski definition) is 3. The highest BCUT2D eigenvalue weighted by molar-refractivity contribution is 7.85. The Morgan fingerprint density at radius 1 is 0.370 bits per heavy atom. The van der Waals surface area contributed by atoms with Gasteiger partial charge in [-0.05, 0) is 64.7 Å². The van der Waals surface area contributed by atoms with Gasteiger partial charge in [-0.25, -0.2) is 0 Å². The van der Waals surface area contributed by atoms with Crippen LogP contribution < -0.4 is 15.9 Å². The van der Waals surface area contributed by atoms with E-state index in [-0.39, 0.29) is 0 Å². The van der Waals surface area contributed by atoms with Gasteiger partial charge in [0.15, 0.2) is 7.14 Å². The summed E-state index contributed by atoms with van der Waals surface area (Å²) >= 11 is 0. The first-order valence-corrected chi connectivity index (χ1v) is 17.1. The summed E-state index contributed by atoms with van der Waals surface area (Å²) in [6.07, 6.45) is 0. The summed E-state index contributed by atoms with van der Waals surface area (Å²) in [5.74, 6) is 0. The molecule has 0 radical (unpaired) electrons. The predicted octanol–water partition coefficient (Wildman–Crippen LogP) is 10.5. The van der Waals surface area contributed by atoms with Crippen LogP contribution in [0, 0.1) is 0 Å². The van der Waals surface area contributed by atoms with E-state index in [4.69, 9.17) is 8.83 Å². The molecule has 2 heterocycles. The molecule has 0 atom stereocenters. The monoisotopic (exact) mass is 610 g/mol. The zero-order valence-corrected chi connectivity index (χ0v) is 25.7. The molecule has 2 aromatic heterocycles. The Bertz CT molecular complexity index is 2570. The number of furan rings is 2. The van der Waals surface area contributed by atoms with E-state index in [1.54, 1.807) is 0 Å². The SMILES string of the molecule is O=P(c1ccccc1)(c1ccccc1)c1cccc(-c2ccc3oc4ccc(-c5cccc6oc7ccccc7c56)cc4c3c2)c1. The van der Waals surface area contributed by atoms with E-state index >= 15 is 4.57 Å². The van der Waals surface area contributed by atoms with Crippen LogP contribution in [0.5, 0.6) is 0 Å². The van der Waals surface area contributed by atoms with Gasteiger partial charge in [0, 0.05) is 37.5 Å². The summed E-state index contributed by atoms with van der Waals surface area (Å²) in [6.45, 7) is 0. The van der Waals surface area contributed by atoms with E-state index in [0.717, 1.165) is 82.0 Å². The molecule has 0 aliphatic rings. The lowest BCUT2D eigenvalue weighted by Gasteiger charge is -2.20. The van der Waals surface area contributed by atoms with E-state index < -0.39 is 7.14 Å². The molecule has 7 aromatic carbocycles. The second-order valence-corrected chi connectivity index (χ2v) is 14.4.